The van der Waals surface area contributed by atoms with E-state index < -0.39 is 0 Å². The lowest BCUT2D eigenvalue weighted by Crippen LogP contribution is -1.96. The van der Waals surface area contributed by atoms with Gasteiger partial charge >= 0.3 is 0 Å². The van der Waals surface area contributed by atoms with Crippen molar-refractivity contribution >= 4 is 10.8 Å². The summed E-state index contributed by atoms with van der Waals surface area (Å²) >= 11 is 0. The third-order valence-corrected chi connectivity index (χ3v) is 3.61. The van der Waals surface area contributed by atoms with Crippen molar-refractivity contribution in [1.82, 2.24) is 0 Å². The van der Waals surface area contributed by atoms with E-state index in [-0.39, 0.29) is 0 Å². The Morgan fingerprint density at radius 1 is 0.850 bits per heavy atom. The van der Waals surface area contributed by atoms with Crippen molar-refractivity contribution in [2.75, 3.05) is 6.61 Å². The number of rotatable bonds is 3. The van der Waals surface area contributed by atoms with E-state index in [1.165, 1.54) is 27.5 Å². The van der Waals surface area contributed by atoms with Crippen molar-refractivity contribution in [2.24, 2.45) is 0 Å². The Morgan fingerprint density at radius 3 is 2.40 bits per heavy atom. The molecule has 1 nitrogen and oxygen atoms in total. The Kier molecular flexibility index (Phi) is 3.42. The summed E-state index contributed by atoms with van der Waals surface area (Å²) in [6.07, 6.45) is 0. The van der Waals surface area contributed by atoms with E-state index in [0.29, 0.717) is 6.61 Å². The molecule has 0 saturated heterocycles. The first-order chi connectivity index (χ1) is 9.81. The van der Waals surface area contributed by atoms with Crippen molar-refractivity contribution in [1.29, 1.82) is 0 Å². The van der Waals surface area contributed by atoms with Gasteiger partial charge in [0, 0.05) is 5.56 Å². The van der Waals surface area contributed by atoms with Gasteiger partial charge in [-0.05, 0) is 41.8 Å². The number of hydrogen-bond acceptors (Lipinski definition) is 1. The highest BCUT2D eigenvalue weighted by atomic mass is 16.5. The van der Waals surface area contributed by atoms with Crippen molar-refractivity contribution in [3.8, 4) is 16.9 Å². The molecule has 0 fully saturated rings. The van der Waals surface area contributed by atoms with Crippen LogP contribution < -0.4 is 4.74 Å². The van der Waals surface area contributed by atoms with Crippen LogP contribution in [-0.4, -0.2) is 6.61 Å². The lowest BCUT2D eigenvalue weighted by atomic mass is 9.94. The topological polar surface area (TPSA) is 9.23 Å². The summed E-state index contributed by atoms with van der Waals surface area (Å²) in [7, 11) is 0. The summed E-state index contributed by atoms with van der Waals surface area (Å²) in [6, 6.07) is 21.1. The van der Waals surface area contributed by atoms with Gasteiger partial charge in [0.1, 0.15) is 5.75 Å². The van der Waals surface area contributed by atoms with Crippen LogP contribution in [0.4, 0.5) is 0 Å². The average molecular weight is 262 g/mol. The van der Waals surface area contributed by atoms with Crippen LogP contribution in [0.15, 0.2) is 60.7 Å². The van der Waals surface area contributed by atoms with Gasteiger partial charge in [-0.3, -0.25) is 0 Å². The molecular formula is C19H18O. The largest absolute Gasteiger partial charge is 0.493 e. The summed E-state index contributed by atoms with van der Waals surface area (Å²) in [5.74, 6) is 0.959. The molecule has 0 atom stereocenters. The Balaban J connectivity index is 2.36. The Labute approximate surface area is 119 Å². The zero-order valence-corrected chi connectivity index (χ0v) is 11.9. The fourth-order valence-corrected chi connectivity index (χ4v) is 2.66. The number of ether oxygens (including phenoxy) is 1. The van der Waals surface area contributed by atoms with E-state index >= 15 is 0 Å². The summed E-state index contributed by atoms with van der Waals surface area (Å²) in [5, 5.41) is 2.49. The minimum atomic E-state index is 0.678. The van der Waals surface area contributed by atoms with Crippen LogP contribution in [0.25, 0.3) is 21.9 Å². The van der Waals surface area contributed by atoms with Gasteiger partial charge in [0.05, 0.1) is 6.61 Å². The smallest absolute Gasteiger partial charge is 0.127 e. The van der Waals surface area contributed by atoms with Gasteiger partial charge in [-0.2, -0.15) is 0 Å². The molecule has 0 aromatic heterocycles. The molecule has 0 bridgehead atoms. The maximum Gasteiger partial charge on any atom is 0.127 e. The molecule has 0 aliphatic rings. The second-order valence-corrected chi connectivity index (χ2v) is 4.91. The molecular weight excluding hydrogens is 244 g/mol. The Hall–Kier alpha value is -2.28. The van der Waals surface area contributed by atoms with Gasteiger partial charge < -0.3 is 4.74 Å². The average Bonchev–Trinajstić information content (AvgIpc) is 2.48. The van der Waals surface area contributed by atoms with Crippen LogP contribution >= 0.6 is 0 Å². The molecule has 0 N–H and O–H groups in total. The second kappa shape index (κ2) is 5.38. The molecule has 1 heteroatoms. The molecule has 0 aliphatic heterocycles. The van der Waals surface area contributed by atoms with Gasteiger partial charge in [0.2, 0.25) is 0 Å². The number of hydrogen-bond donors (Lipinski definition) is 0. The first-order valence-corrected chi connectivity index (χ1v) is 7.02. The summed E-state index contributed by atoms with van der Waals surface area (Å²) in [4.78, 5) is 0. The molecule has 0 unspecified atom stereocenters. The predicted octanol–water partition coefficient (Wildman–Crippen LogP) is 5.21. The van der Waals surface area contributed by atoms with E-state index in [9.17, 15) is 0 Å². The van der Waals surface area contributed by atoms with Gasteiger partial charge in [-0.25, -0.2) is 0 Å². The standard InChI is InChI=1S/C19H18O/c1-3-20-18-13-12-15-9-5-7-11-17(15)19(18)16-10-6-4-8-14(16)2/h4-13H,3H2,1-2H3. The van der Waals surface area contributed by atoms with E-state index in [1.807, 2.05) is 6.92 Å². The third kappa shape index (κ3) is 2.16. The Morgan fingerprint density at radius 2 is 1.60 bits per heavy atom. The SMILES string of the molecule is CCOc1ccc2ccccc2c1-c1ccccc1C. The van der Waals surface area contributed by atoms with Gasteiger partial charge in [0.25, 0.3) is 0 Å². The molecule has 0 amide bonds. The van der Waals surface area contributed by atoms with Crippen molar-refractivity contribution in [2.45, 2.75) is 13.8 Å². The monoisotopic (exact) mass is 262 g/mol. The molecule has 0 saturated carbocycles. The third-order valence-electron chi connectivity index (χ3n) is 3.61. The van der Waals surface area contributed by atoms with Gasteiger partial charge in [0.15, 0.2) is 0 Å². The quantitative estimate of drug-likeness (QED) is 0.629. The van der Waals surface area contributed by atoms with Crippen LogP contribution in [0.1, 0.15) is 12.5 Å². The molecule has 0 radical (unpaired) electrons. The lowest BCUT2D eigenvalue weighted by Gasteiger charge is -2.15. The van der Waals surface area contributed by atoms with Gasteiger partial charge in [-0.15, -0.1) is 0 Å². The highest BCUT2D eigenvalue weighted by Gasteiger charge is 2.12. The first-order valence-electron chi connectivity index (χ1n) is 7.02. The van der Waals surface area contributed by atoms with Gasteiger partial charge in [-0.1, -0.05) is 54.6 Å². The molecule has 0 aliphatic carbocycles. The molecule has 20 heavy (non-hydrogen) atoms. The normalized spacial score (nSPS) is 10.7. The van der Waals surface area contributed by atoms with E-state index in [0.717, 1.165) is 5.75 Å². The molecule has 100 valence electrons. The fraction of sp³-hybridized carbons (Fsp3) is 0.158. The number of fused-ring (bicyclic) bond motifs is 1. The van der Waals surface area contributed by atoms with Crippen LogP contribution in [0.2, 0.25) is 0 Å². The first kappa shape index (κ1) is 12.7. The molecule has 0 spiro atoms. The highest BCUT2D eigenvalue weighted by molar-refractivity contribution is 6.00. The van der Waals surface area contributed by atoms with E-state index in [1.54, 1.807) is 0 Å². The highest BCUT2D eigenvalue weighted by Crippen LogP contribution is 2.38. The zero-order valence-electron chi connectivity index (χ0n) is 11.9. The zero-order chi connectivity index (χ0) is 13.9. The molecule has 3 aromatic rings. The second-order valence-electron chi connectivity index (χ2n) is 4.91. The molecule has 3 rings (SSSR count). The molecule has 0 heterocycles. The summed E-state index contributed by atoms with van der Waals surface area (Å²) in [6.45, 7) is 4.85. The minimum absolute atomic E-state index is 0.678. The fourth-order valence-electron chi connectivity index (χ4n) is 2.66. The maximum atomic E-state index is 5.85. The molecule has 3 aromatic carbocycles. The van der Waals surface area contributed by atoms with Crippen LogP contribution in [0.5, 0.6) is 5.75 Å². The van der Waals surface area contributed by atoms with E-state index in [2.05, 4.69) is 67.6 Å². The van der Waals surface area contributed by atoms with Crippen molar-refractivity contribution in [3.05, 3.63) is 66.2 Å². The number of benzene rings is 3. The van der Waals surface area contributed by atoms with Crippen molar-refractivity contribution < 1.29 is 4.74 Å². The van der Waals surface area contributed by atoms with Crippen LogP contribution in [-0.2, 0) is 0 Å². The predicted molar refractivity (Wildman–Crippen MR) is 85.3 cm³/mol. The van der Waals surface area contributed by atoms with Crippen molar-refractivity contribution in [3.63, 3.8) is 0 Å². The van der Waals surface area contributed by atoms with Crippen LogP contribution in [0, 0.1) is 6.92 Å². The number of aryl methyl sites for hydroxylation is 1. The summed E-state index contributed by atoms with van der Waals surface area (Å²) in [5.41, 5.74) is 3.71. The summed E-state index contributed by atoms with van der Waals surface area (Å²) < 4.78 is 5.85. The lowest BCUT2D eigenvalue weighted by molar-refractivity contribution is 0.342. The minimum Gasteiger partial charge on any atom is -0.493 e. The Bertz CT molecular complexity index is 744. The van der Waals surface area contributed by atoms with E-state index in [4.69, 9.17) is 4.74 Å². The maximum absolute atomic E-state index is 5.85. The van der Waals surface area contributed by atoms with Crippen LogP contribution in [0.3, 0.4) is 0 Å².